The minimum Gasteiger partial charge on any atom is -0.458 e. The van der Waals surface area contributed by atoms with Crippen LogP contribution in [0.1, 0.15) is 31.4 Å². The van der Waals surface area contributed by atoms with E-state index < -0.39 is 5.97 Å². The molecule has 0 radical (unpaired) electrons. The van der Waals surface area contributed by atoms with Crippen molar-refractivity contribution >= 4 is 40.5 Å². The molecule has 2 amide bonds. The molecular formula is C18H18N2O4S2. The van der Waals surface area contributed by atoms with Gasteiger partial charge in [-0.1, -0.05) is 18.9 Å². The number of thiazole rings is 1. The Morgan fingerprint density at radius 2 is 1.92 bits per heavy atom. The van der Waals surface area contributed by atoms with Crippen LogP contribution in [0.15, 0.2) is 22.9 Å². The molecule has 26 heavy (non-hydrogen) atoms. The standard InChI is InChI=1S/C18H18N2O4S2/c21-15(8-20-17(22)12-4-1-2-5-13(12)18(20)23)24-9-11-10-26-16(19-11)14-6-3-7-25-14/h3,6-7,10,12-13H,1-2,4-5,8-9H2. The van der Waals surface area contributed by atoms with Gasteiger partial charge in [0.2, 0.25) is 11.8 Å². The van der Waals surface area contributed by atoms with Crippen molar-refractivity contribution in [3.8, 4) is 9.88 Å². The maximum atomic E-state index is 12.4. The number of ether oxygens (including phenoxy) is 1. The zero-order valence-corrected chi connectivity index (χ0v) is 15.7. The van der Waals surface area contributed by atoms with E-state index in [0.29, 0.717) is 5.69 Å². The van der Waals surface area contributed by atoms with Crippen molar-refractivity contribution in [1.29, 1.82) is 0 Å². The minimum atomic E-state index is -0.573. The van der Waals surface area contributed by atoms with Gasteiger partial charge in [-0.25, -0.2) is 4.98 Å². The average molecular weight is 390 g/mol. The van der Waals surface area contributed by atoms with Gasteiger partial charge < -0.3 is 4.74 Å². The van der Waals surface area contributed by atoms with E-state index in [1.165, 1.54) is 11.3 Å². The zero-order chi connectivity index (χ0) is 18.1. The van der Waals surface area contributed by atoms with E-state index in [2.05, 4.69) is 4.98 Å². The van der Waals surface area contributed by atoms with Gasteiger partial charge in [0.15, 0.2) is 0 Å². The van der Waals surface area contributed by atoms with Crippen LogP contribution in [-0.2, 0) is 25.7 Å². The highest BCUT2D eigenvalue weighted by atomic mass is 32.1. The molecule has 1 aliphatic carbocycles. The lowest BCUT2D eigenvalue weighted by Crippen LogP contribution is -2.36. The molecule has 136 valence electrons. The number of esters is 1. The molecule has 2 unspecified atom stereocenters. The molecule has 2 fully saturated rings. The second-order valence-electron chi connectivity index (χ2n) is 6.54. The lowest BCUT2D eigenvalue weighted by atomic mass is 9.81. The second-order valence-corrected chi connectivity index (χ2v) is 8.35. The number of rotatable bonds is 5. The van der Waals surface area contributed by atoms with Gasteiger partial charge in [0.05, 0.1) is 22.4 Å². The Morgan fingerprint density at radius 3 is 2.58 bits per heavy atom. The van der Waals surface area contributed by atoms with Crippen LogP contribution < -0.4 is 0 Å². The number of hydrogen-bond acceptors (Lipinski definition) is 7. The van der Waals surface area contributed by atoms with Gasteiger partial charge in [-0.15, -0.1) is 22.7 Å². The van der Waals surface area contributed by atoms with E-state index in [1.807, 2.05) is 22.9 Å². The van der Waals surface area contributed by atoms with Crippen molar-refractivity contribution in [1.82, 2.24) is 9.88 Å². The summed E-state index contributed by atoms with van der Waals surface area (Å²) in [5.41, 5.74) is 0.666. The maximum Gasteiger partial charge on any atom is 0.326 e. The van der Waals surface area contributed by atoms with Crippen LogP contribution in [0.4, 0.5) is 0 Å². The van der Waals surface area contributed by atoms with Gasteiger partial charge in [-0.2, -0.15) is 0 Å². The zero-order valence-electron chi connectivity index (χ0n) is 14.1. The van der Waals surface area contributed by atoms with Crippen LogP contribution in [0.3, 0.4) is 0 Å². The predicted molar refractivity (Wildman–Crippen MR) is 97.4 cm³/mol. The van der Waals surface area contributed by atoms with Crippen LogP contribution >= 0.6 is 22.7 Å². The van der Waals surface area contributed by atoms with E-state index in [-0.39, 0.29) is 36.8 Å². The van der Waals surface area contributed by atoms with Gasteiger partial charge >= 0.3 is 5.97 Å². The first-order chi connectivity index (χ1) is 12.6. The fourth-order valence-corrected chi connectivity index (χ4v) is 5.22. The molecule has 1 saturated carbocycles. The highest BCUT2D eigenvalue weighted by Crippen LogP contribution is 2.37. The summed E-state index contributed by atoms with van der Waals surface area (Å²) in [6, 6.07) is 3.95. The summed E-state index contributed by atoms with van der Waals surface area (Å²) in [5, 5.41) is 4.72. The summed E-state index contributed by atoms with van der Waals surface area (Å²) >= 11 is 3.10. The van der Waals surface area contributed by atoms with Crippen molar-refractivity contribution in [3.63, 3.8) is 0 Å². The number of carbonyl (C=O) groups excluding carboxylic acids is 3. The van der Waals surface area contributed by atoms with Crippen molar-refractivity contribution in [2.24, 2.45) is 11.8 Å². The molecular weight excluding hydrogens is 372 g/mol. The highest BCUT2D eigenvalue weighted by molar-refractivity contribution is 7.20. The van der Waals surface area contributed by atoms with Crippen LogP contribution in [0.5, 0.6) is 0 Å². The largest absolute Gasteiger partial charge is 0.458 e. The molecule has 8 heteroatoms. The monoisotopic (exact) mass is 390 g/mol. The summed E-state index contributed by atoms with van der Waals surface area (Å²) in [7, 11) is 0. The van der Waals surface area contributed by atoms with Gasteiger partial charge in [0.1, 0.15) is 18.2 Å². The number of nitrogens with zero attached hydrogens (tertiary/aromatic N) is 2. The Bertz CT molecular complexity index is 806. The fraction of sp³-hybridized carbons (Fsp3) is 0.444. The Hall–Kier alpha value is -2.06. The van der Waals surface area contributed by atoms with Gasteiger partial charge in [-0.05, 0) is 24.3 Å². The summed E-state index contributed by atoms with van der Waals surface area (Å²) in [5.74, 6) is -1.49. The van der Waals surface area contributed by atoms with E-state index in [1.54, 1.807) is 11.3 Å². The molecule has 3 heterocycles. The number of hydrogen-bond donors (Lipinski definition) is 0. The number of amides is 2. The molecule has 2 aliphatic rings. The lowest BCUT2D eigenvalue weighted by molar-refractivity contribution is -0.153. The maximum absolute atomic E-state index is 12.4. The van der Waals surface area contributed by atoms with Crippen LogP contribution in [0.25, 0.3) is 9.88 Å². The smallest absolute Gasteiger partial charge is 0.326 e. The Balaban J connectivity index is 1.33. The minimum absolute atomic E-state index is 0.0454. The third-order valence-corrected chi connectivity index (χ3v) is 6.81. The fourth-order valence-electron chi connectivity index (χ4n) is 3.60. The Kier molecular flexibility index (Phi) is 4.86. The number of fused-ring (bicyclic) bond motifs is 1. The van der Waals surface area contributed by atoms with Crippen LogP contribution in [-0.4, -0.2) is 34.2 Å². The molecule has 0 bridgehead atoms. The summed E-state index contributed by atoms with van der Waals surface area (Å²) in [6.45, 7) is -0.254. The quantitative estimate of drug-likeness (QED) is 0.579. The predicted octanol–water partition coefficient (Wildman–Crippen LogP) is 3.09. The number of likely N-dealkylation sites (tertiary alicyclic amines) is 1. The van der Waals surface area contributed by atoms with Gasteiger partial charge in [0, 0.05) is 5.38 Å². The summed E-state index contributed by atoms with van der Waals surface area (Å²) in [4.78, 5) is 43.5. The molecule has 2 aromatic heterocycles. The Labute approximate surface area is 158 Å². The first-order valence-electron chi connectivity index (χ1n) is 8.62. The summed E-state index contributed by atoms with van der Waals surface area (Å²) in [6.07, 6.45) is 3.42. The summed E-state index contributed by atoms with van der Waals surface area (Å²) < 4.78 is 5.23. The number of carbonyl (C=O) groups is 3. The number of thiophene rings is 1. The third kappa shape index (κ3) is 3.31. The Morgan fingerprint density at radius 1 is 1.19 bits per heavy atom. The first kappa shape index (κ1) is 17.4. The van der Waals surface area contributed by atoms with Crippen LogP contribution in [0.2, 0.25) is 0 Å². The molecule has 4 rings (SSSR count). The molecule has 0 spiro atoms. The van der Waals surface area contributed by atoms with E-state index in [9.17, 15) is 14.4 Å². The molecule has 2 atom stereocenters. The molecule has 2 aromatic rings. The third-order valence-electron chi connectivity index (χ3n) is 4.88. The van der Waals surface area contributed by atoms with Gasteiger partial charge in [-0.3, -0.25) is 19.3 Å². The SMILES string of the molecule is O=C(CN1C(=O)C2CCCCC2C1=O)OCc1csc(-c2cccs2)n1. The lowest BCUT2D eigenvalue weighted by Gasteiger charge is -2.19. The van der Waals surface area contributed by atoms with Crippen molar-refractivity contribution < 1.29 is 19.1 Å². The van der Waals surface area contributed by atoms with Crippen molar-refractivity contribution in [2.75, 3.05) is 6.54 Å². The first-order valence-corrected chi connectivity index (χ1v) is 10.4. The molecule has 1 aliphatic heterocycles. The van der Waals surface area contributed by atoms with E-state index in [4.69, 9.17) is 4.74 Å². The van der Waals surface area contributed by atoms with Crippen LogP contribution in [0, 0.1) is 11.8 Å². The van der Waals surface area contributed by atoms with Gasteiger partial charge in [0.25, 0.3) is 0 Å². The normalized spacial score (nSPS) is 22.5. The number of imide groups is 1. The average Bonchev–Trinajstić information content (AvgIpc) is 3.38. The van der Waals surface area contributed by atoms with Crippen molar-refractivity contribution in [3.05, 3.63) is 28.6 Å². The van der Waals surface area contributed by atoms with E-state index >= 15 is 0 Å². The molecule has 0 aromatic carbocycles. The highest BCUT2D eigenvalue weighted by Gasteiger charge is 2.48. The van der Waals surface area contributed by atoms with Crippen molar-refractivity contribution in [2.45, 2.75) is 32.3 Å². The number of aromatic nitrogens is 1. The van der Waals surface area contributed by atoms with E-state index in [0.717, 1.165) is 40.5 Å². The topological polar surface area (TPSA) is 76.6 Å². The second kappa shape index (κ2) is 7.28. The molecule has 0 N–H and O–H groups in total. The molecule has 6 nitrogen and oxygen atoms in total. The molecule has 1 saturated heterocycles.